The maximum atomic E-state index is 11.6. The third-order valence-electron chi connectivity index (χ3n) is 4.56. The summed E-state index contributed by atoms with van der Waals surface area (Å²) in [7, 11) is 0. The first-order chi connectivity index (χ1) is 14.1. The summed E-state index contributed by atoms with van der Waals surface area (Å²) in [6.07, 6.45) is 0.307. The van der Waals surface area contributed by atoms with Crippen LogP contribution in [-0.4, -0.2) is 28.3 Å². The number of ether oxygens (including phenoxy) is 1. The minimum atomic E-state index is -0.221. The zero-order valence-electron chi connectivity index (χ0n) is 15.7. The maximum absolute atomic E-state index is 11.6. The lowest BCUT2D eigenvalue weighted by atomic mass is 10.0. The van der Waals surface area contributed by atoms with E-state index in [-0.39, 0.29) is 5.97 Å². The van der Waals surface area contributed by atoms with Crippen LogP contribution in [0.2, 0.25) is 10.2 Å². The van der Waals surface area contributed by atoms with Crippen LogP contribution >= 0.6 is 35.0 Å². The number of H-pyrrole nitrogens is 1. The van der Waals surface area contributed by atoms with Gasteiger partial charge in [0.2, 0.25) is 0 Å². The first-order valence-corrected chi connectivity index (χ1v) is 11.0. The van der Waals surface area contributed by atoms with Gasteiger partial charge in [0, 0.05) is 38.7 Å². The quantitative estimate of drug-likeness (QED) is 0.203. The fourth-order valence-electron chi connectivity index (χ4n) is 3.28. The van der Waals surface area contributed by atoms with Gasteiger partial charge in [-0.25, -0.2) is 4.98 Å². The van der Waals surface area contributed by atoms with Crippen LogP contribution in [0.15, 0.2) is 53.6 Å². The van der Waals surface area contributed by atoms with Crippen molar-refractivity contribution in [3.63, 3.8) is 0 Å². The maximum Gasteiger partial charge on any atom is 0.306 e. The van der Waals surface area contributed by atoms with E-state index < -0.39 is 0 Å². The molecule has 2 aromatic heterocycles. The molecule has 0 radical (unpaired) electrons. The van der Waals surface area contributed by atoms with Crippen LogP contribution in [0.4, 0.5) is 0 Å². The molecule has 0 spiro atoms. The molecule has 0 aliphatic heterocycles. The number of carbonyl (C=O) groups excluding carboxylic acids is 1. The number of carbonyl (C=O) groups is 1. The minimum absolute atomic E-state index is 0.221. The summed E-state index contributed by atoms with van der Waals surface area (Å²) >= 11 is 14.2. The van der Waals surface area contributed by atoms with Crippen molar-refractivity contribution in [2.45, 2.75) is 18.4 Å². The fraction of sp³-hybridized carbons (Fsp3) is 0.182. The minimum Gasteiger partial charge on any atom is -0.466 e. The second-order valence-electron chi connectivity index (χ2n) is 6.44. The van der Waals surface area contributed by atoms with Crippen LogP contribution in [0.25, 0.3) is 32.9 Å². The molecule has 0 amide bonds. The molecular weight excluding hydrogens is 427 g/mol. The third-order valence-corrected chi connectivity index (χ3v) is 6.08. The fourth-order valence-corrected chi connectivity index (χ4v) is 4.70. The molecule has 29 heavy (non-hydrogen) atoms. The van der Waals surface area contributed by atoms with E-state index in [1.54, 1.807) is 13.0 Å². The Bertz CT molecular complexity index is 1210. The van der Waals surface area contributed by atoms with Crippen LogP contribution in [0.3, 0.4) is 0 Å². The Morgan fingerprint density at radius 1 is 1.07 bits per heavy atom. The van der Waals surface area contributed by atoms with Crippen LogP contribution in [-0.2, 0) is 9.53 Å². The molecule has 4 aromatic rings. The number of thioether (sulfide) groups is 1. The lowest BCUT2D eigenvalue weighted by molar-refractivity contribution is -0.142. The molecule has 4 nitrogen and oxygen atoms in total. The second-order valence-corrected chi connectivity index (χ2v) is 8.32. The smallest absolute Gasteiger partial charge is 0.306 e. The zero-order valence-corrected chi connectivity index (χ0v) is 18.0. The van der Waals surface area contributed by atoms with Gasteiger partial charge in [-0.2, -0.15) is 0 Å². The van der Waals surface area contributed by atoms with Gasteiger partial charge in [0.1, 0.15) is 10.2 Å². The van der Waals surface area contributed by atoms with E-state index in [1.807, 2.05) is 30.3 Å². The van der Waals surface area contributed by atoms with Gasteiger partial charge in [-0.15, -0.1) is 11.8 Å². The number of esters is 1. The first-order valence-electron chi connectivity index (χ1n) is 9.22. The molecule has 0 aliphatic rings. The van der Waals surface area contributed by atoms with Crippen molar-refractivity contribution in [3.8, 4) is 11.1 Å². The molecule has 4 rings (SSSR count). The van der Waals surface area contributed by atoms with Gasteiger partial charge >= 0.3 is 5.97 Å². The molecule has 0 saturated carbocycles. The molecule has 0 atom stereocenters. The van der Waals surface area contributed by atoms with Gasteiger partial charge < -0.3 is 9.72 Å². The molecule has 0 saturated heterocycles. The molecule has 2 heterocycles. The predicted octanol–water partition coefficient (Wildman–Crippen LogP) is 6.74. The molecule has 7 heteroatoms. The largest absolute Gasteiger partial charge is 0.466 e. The van der Waals surface area contributed by atoms with E-state index in [0.717, 1.165) is 38.0 Å². The second kappa shape index (κ2) is 8.66. The Morgan fingerprint density at radius 3 is 2.72 bits per heavy atom. The van der Waals surface area contributed by atoms with Crippen LogP contribution in [0.5, 0.6) is 0 Å². The van der Waals surface area contributed by atoms with Crippen LogP contribution in [0.1, 0.15) is 13.3 Å². The van der Waals surface area contributed by atoms with Crippen molar-refractivity contribution in [2.75, 3.05) is 12.4 Å². The molecule has 0 aliphatic carbocycles. The highest BCUT2D eigenvalue weighted by Gasteiger charge is 2.15. The van der Waals surface area contributed by atoms with Gasteiger partial charge in [-0.05, 0) is 37.3 Å². The lowest BCUT2D eigenvalue weighted by Crippen LogP contribution is -2.04. The van der Waals surface area contributed by atoms with E-state index in [0.29, 0.717) is 29.0 Å². The first kappa shape index (κ1) is 20.1. The number of rotatable bonds is 6. The van der Waals surface area contributed by atoms with Crippen molar-refractivity contribution < 1.29 is 9.53 Å². The summed E-state index contributed by atoms with van der Waals surface area (Å²) in [5, 5.41) is 4.00. The lowest BCUT2D eigenvalue weighted by Gasteiger charge is -2.11. The number of fused-ring (bicyclic) bond motifs is 3. The number of hydrogen-bond acceptors (Lipinski definition) is 4. The molecule has 1 N–H and O–H groups in total. The number of hydrogen-bond donors (Lipinski definition) is 1. The van der Waals surface area contributed by atoms with Gasteiger partial charge in [-0.3, -0.25) is 4.79 Å². The monoisotopic (exact) mass is 444 g/mol. The Kier molecular flexibility index (Phi) is 5.99. The summed E-state index contributed by atoms with van der Waals surface area (Å²) in [6.45, 7) is 2.18. The number of pyridine rings is 1. The van der Waals surface area contributed by atoms with Crippen LogP contribution in [0, 0.1) is 0 Å². The van der Waals surface area contributed by atoms with E-state index >= 15 is 0 Å². The number of aromatic amines is 1. The van der Waals surface area contributed by atoms with Gasteiger partial charge in [-0.1, -0.05) is 41.4 Å². The Labute approximate surface area is 182 Å². The van der Waals surface area contributed by atoms with Crippen molar-refractivity contribution in [1.82, 2.24) is 9.97 Å². The summed E-state index contributed by atoms with van der Waals surface area (Å²) in [5.41, 5.74) is 3.82. The van der Waals surface area contributed by atoms with E-state index in [1.165, 1.54) is 11.8 Å². The van der Waals surface area contributed by atoms with Crippen LogP contribution < -0.4 is 0 Å². The normalized spacial score (nSPS) is 11.3. The van der Waals surface area contributed by atoms with Crippen molar-refractivity contribution in [2.24, 2.45) is 0 Å². The molecule has 0 bridgehead atoms. The van der Waals surface area contributed by atoms with Crippen molar-refractivity contribution in [3.05, 3.63) is 58.7 Å². The summed E-state index contributed by atoms with van der Waals surface area (Å²) < 4.78 is 4.99. The number of benzene rings is 2. The highest BCUT2D eigenvalue weighted by atomic mass is 35.5. The molecule has 2 aromatic carbocycles. The number of halogens is 2. The van der Waals surface area contributed by atoms with E-state index in [2.05, 4.69) is 22.1 Å². The van der Waals surface area contributed by atoms with Gasteiger partial charge in [0.15, 0.2) is 0 Å². The molecule has 0 fully saturated rings. The van der Waals surface area contributed by atoms with Gasteiger partial charge in [0.05, 0.1) is 18.1 Å². The number of para-hydroxylation sites is 1. The van der Waals surface area contributed by atoms with Crippen molar-refractivity contribution >= 4 is 62.7 Å². The summed E-state index contributed by atoms with van der Waals surface area (Å²) in [5.74, 6) is 0.327. The Morgan fingerprint density at radius 2 is 1.90 bits per heavy atom. The molecular formula is C22H18Cl2N2O2S. The van der Waals surface area contributed by atoms with E-state index in [9.17, 15) is 4.79 Å². The predicted molar refractivity (Wildman–Crippen MR) is 121 cm³/mol. The average molecular weight is 445 g/mol. The SMILES string of the molecule is CCOC(=O)CCSc1nc(Cl)ccc1-c1cc2c(cc1Cl)[nH]c1ccccc12. The summed E-state index contributed by atoms with van der Waals surface area (Å²) in [6, 6.07) is 15.8. The highest BCUT2D eigenvalue weighted by Crippen LogP contribution is 2.39. The Balaban J connectivity index is 1.74. The topological polar surface area (TPSA) is 55.0 Å². The molecule has 0 unspecified atom stereocenters. The molecule has 148 valence electrons. The van der Waals surface area contributed by atoms with E-state index in [4.69, 9.17) is 27.9 Å². The highest BCUT2D eigenvalue weighted by molar-refractivity contribution is 7.99. The van der Waals surface area contributed by atoms with Crippen molar-refractivity contribution in [1.29, 1.82) is 0 Å². The average Bonchev–Trinajstić information content (AvgIpc) is 3.05. The number of nitrogens with one attached hydrogen (secondary N) is 1. The number of nitrogens with zero attached hydrogens (tertiary/aromatic N) is 1. The third kappa shape index (κ3) is 4.22. The zero-order chi connectivity index (χ0) is 20.4. The standard InChI is InChI=1S/C22H18Cl2N2O2S/c1-2-28-21(27)9-10-29-22-14(7-8-20(24)26-22)15-11-16-13-5-3-4-6-18(13)25-19(16)12-17(15)23/h3-8,11-12,25H,2,9-10H2,1H3. The Hall–Kier alpha value is -2.21. The summed E-state index contributed by atoms with van der Waals surface area (Å²) in [4.78, 5) is 19.5. The van der Waals surface area contributed by atoms with Gasteiger partial charge in [0.25, 0.3) is 0 Å². The number of aromatic nitrogens is 2.